The fraction of sp³-hybridized carbons (Fsp3) is 0.310. The Morgan fingerprint density at radius 1 is 0.887 bits per heavy atom. The molecule has 3 atom stereocenters. The van der Waals surface area contributed by atoms with Crippen molar-refractivity contribution in [1.82, 2.24) is 14.9 Å². The van der Waals surface area contributed by atoms with E-state index < -0.39 is 6.29 Å². The summed E-state index contributed by atoms with van der Waals surface area (Å²) in [7, 11) is 1.99. The molecule has 0 bridgehead atoms. The van der Waals surface area contributed by atoms with Crippen molar-refractivity contribution < 1.29 is 24.2 Å². The van der Waals surface area contributed by atoms with Gasteiger partial charge in [0, 0.05) is 56.6 Å². The highest BCUT2D eigenvalue weighted by molar-refractivity contribution is 7.99. The van der Waals surface area contributed by atoms with Crippen LogP contribution in [0.2, 0.25) is 0 Å². The van der Waals surface area contributed by atoms with Crippen molar-refractivity contribution in [2.24, 2.45) is 7.05 Å². The van der Waals surface area contributed by atoms with E-state index in [1.54, 1.807) is 30.1 Å². The van der Waals surface area contributed by atoms with E-state index in [4.69, 9.17) is 15.2 Å². The first-order valence-electron chi connectivity index (χ1n) is 18.1. The van der Waals surface area contributed by atoms with Crippen molar-refractivity contribution in [2.75, 3.05) is 16.8 Å². The van der Waals surface area contributed by atoms with Gasteiger partial charge in [-0.15, -0.1) is 0 Å². The molecule has 0 aliphatic carbocycles. The number of nitrogens with zero attached hydrogens (tertiary/aromatic N) is 2. The summed E-state index contributed by atoms with van der Waals surface area (Å²) in [6, 6.07) is 31.4. The number of hydrogen-bond donors (Lipinski definition) is 4. The standard InChI is InChI=1S/C42H47N5O5S/c1-47-24-23-44-42(47)53-28-34-25-38(31-17-15-29(27-48)16-18-31)52-41(51-34)32-21-19-30(20-22-32)35-10-6-5-9-33(35)26-45-39(49)13-3-2-4-14-40(50)46-37-12-8-7-11-36(37)43/h5-12,15-24,34,38,41,48H,2-4,13-14,25-28,43H2,1H3,(H,45,49)(H,46,50)/t34-,38+,41+/m0/s1. The third kappa shape index (κ3) is 10.6. The number of rotatable bonds is 16. The van der Waals surface area contributed by atoms with E-state index in [9.17, 15) is 14.7 Å². The third-order valence-corrected chi connectivity index (χ3v) is 10.5. The van der Waals surface area contributed by atoms with Crippen molar-refractivity contribution >= 4 is 35.0 Å². The number of unbranched alkanes of at least 4 members (excludes halogenated alkanes) is 2. The van der Waals surface area contributed by atoms with E-state index in [1.165, 1.54) is 0 Å². The molecule has 1 fully saturated rings. The fourth-order valence-electron chi connectivity index (χ4n) is 6.31. The predicted octanol–water partition coefficient (Wildman–Crippen LogP) is 7.70. The second kappa shape index (κ2) is 18.7. The summed E-state index contributed by atoms with van der Waals surface area (Å²) in [5, 5.41) is 16.4. The molecule has 0 unspecified atom stereocenters. The van der Waals surface area contributed by atoms with Crippen LogP contribution in [-0.2, 0) is 39.3 Å². The molecule has 1 saturated heterocycles. The number of nitrogens with two attached hydrogens (primary N) is 1. The molecule has 11 heteroatoms. The van der Waals surface area contributed by atoms with E-state index in [1.807, 2.05) is 84.5 Å². The molecule has 0 radical (unpaired) electrons. The molecule has 1 aliphatic heterocycles. The Hall–Kier alpha value is -4.94. The van der Waals surface area contributed by atoms with E-state index in [0.717, 1.165) is 50.7 Å². The number of hydrogen-bond acceptors (Lipinski definition) is 8. The maximum absolute atomic E-state index is 12.7. The molecule has 4 aromatic carbocycles. The van der Waals surface area contributed by atoms with Crippen molar-refractivity contribution in [3.8, 4) is 11.1 Å². The molecule has 276 valence electrons. The summed E-state index contributed by atoms with van der Waals surface area (Å²) in [5.41, 5.74) is 13.0. The summed E-state index contributed by atoms with van der Waals surface area (Å²) in [4.78, 5) is 29.5. The molecule has 10 nitrogen and oxygen atoms in total. The molecule has 6 rings (SSSR count). The molecule has 5 aromatic rings. The number of nitrogens with one attached hydrogen (secondary N) is 2. The third-order valence-electron chi connectivity index (χ3n) is 9.32. The second-order valence-corrected chi connectivity index (χ2v) is 14.2. The summed E-state index contributed by atoms with van der Waals surface area (Å²) >= 11 is 1.67. The monoisotopic (exact) mass is 733 g/mol. The summed E-state index contributed by atoms with van der Waals surface area (Å²) in [6.45, 7) is 0.413. The Labute approximate surface area is 315 Å². The number of para-hydroxylation sites is 2. The maximum Gasteiger partial charge on any atom is 0.224 e. The van der Waals surface area contributed by atoms with Gasteiger partial charge >= 0.3 is 0 Å². The Kier molecular flexibility index (Phi) is 13.3. The number of nitrogen functional groups attached to an aromatic ring is 1. The van der Waals surface area contributed by atoms with Crippen molar-refractivity contribution in [3.63, 3.8) is 0 Å². The quantitative estimate of drug-likeness (QED) is 0.0460. The molecular weight excluding hydrogens is 687 g/mol. The lowest BCUT2D eigenvalue weighted by molar-refractivity contribution is -0.245. The first kappa shape index (κ1) is 37.8. The zero-order chi connectivity index (χ0) is 37.0. The smallest absolute Gasteiger partial charge is 0.224 e. The lowest BCUT2D eigenvalue weighted by Gasteiger charge is -2.36. The average Bonchev–Trinajstić information content (AvgIpc) is 3.61. The minimum atomic E-state index is -0.557. The minimum Gasteiger partial charge on any atom is -0.397 e. The van der Waals surface area contributed by atoms with Crippen LogP contribution in [0.3, 0.4) is 0 Å². The predicted molar refractivity (Wildman–Crippen MR) is 209 cm³/mol. The number of carbonyl (C=O) groups is 2. The van der Waals surface area contributed by atoms with Gasteiger partial charge in [0.25, 0.3) is 0 Å². The maximum atomic E-state index is 12.7. The summed E-state index contributed by atoms with van der Waals surface area (Å²) in [6.07, 6.45) is 6.61. The van der Waals surface area contributed by atoms with E-state index in [2.05, 4.69) is 33.8 Å². The number of aliphatic hydroxyl groups is 1. The Morgan fingerprint density at radius 2 is 1.60 bits per heavy atom. The van der Waals surface area contributed by atoms with Gasteiger partial charge in [-0.1, -0.05) is 103 Å². The van der Waals surface area contributed by atoms with Crippen LogP contribution in [0.5, 0.6) is 0 Å². The van der Waals surface area contributed by atoms with Crippen molar-refractivity contribution in [2.45, 2.75) is 75.3 Å². The van der Waals surface area contributed by atoms with Crippen LogP contribution in [0.1, 0.15) is 73.2 Å². The second-order valence-electron chi connectivity index (χ2n) is 13.2. The largest absolute Gasteiger partial charge is 0.397 e. The van der Waals surface area contributed by atoms with Gasteiger partial charge < -0.3 is 35.5 Å². The zero-order valence-corrected chi connectivity index (χ0v) is 30.8. The van der Waals surface area contributed by atoms with Crippen LogP contribution in [0.15, 0.2) is 115 Å². The number of benzene rings is 4. The molecule has 1 aliphatic rings. The van der Waals surface area contributed by atoms with Crippen LogP contribution >= 0.6 is 11.8 Å². The number of aryl methyl sites for hydroxylation is 1. The van der Waals surface area contributed by atoms with Crippen LogP contribution in [0, 0.1) is 0 Å². The lowest BCUT2D eigenvalue weighted by atomic mass is 9.97. The van der Waals surface area contributed by atoms with Crippen molar-refractivity contribution in [1.29, 1.82) is 0 Å². The van der Waals surface area contributed by atoms with E-state index in [-0.39, 0.29) is 30.6 Å². The number of aliphatic hydroxyl groups excluding tert-OH is 1. The van der Waals surface area contributed by atoms with Crippen LogP contribution in [0.4, 0.5) is 11.4 Å². The topological polar surface area (TPSA) is 141 Å². The van der Waals surface area contributed by atoms with Gasteiger partial charge in [-0.3, -0.25) is 9.59 Å². The molecule has 1 aromatic heterocycles. The fourth-order valence-corrected chi connectivity index (χ4v) is 7.26. The highest BCUT2D eigenvalue weighted by Crippen LogP contribution is 2.40. The van der Waals surface area contributed by atoms with E-state index >= 15 is 0 Å². The highest BCUT2D eigenvalue weighted by atomic mass is 32.2. The number of thioether (sulfide) groups is 1. The normalized spacial score (nSPS) is 17.0. The average molecular weight is 734 g/mol. The van der Waals surface area contributed by atoms with Gasteiger partial charge in [-0.2, -0.15) is 0 Å². The SMILES string of the molecule is Cn1ccnc1SC[C@@H]1C[C@H](c2ccc(CO)cc2)O[C@H](c2ccc(-c3ccccc3CNC(=O)CCCCCC(=O)Nc3ccccc3N)cc2)O1. The Morgan fingerprint density at radius 3 is 2.34 bits per heavy atom. The molecule has 0 saturated carbocycles. The van der Waals surface area contributed by atoms with Crippen LogP contribution in [0.25, 0.3) is 11.1 Å². The molecule has 2 heterocycles. The summed E-state index contributed by atoms with van der Waals surface area (Å²) < 4.78 is 15.1. The molecule has 5 N–H and O–H groups in total. The number of carbonyl (C=O) groups excluding carboxylic acids is 2. The van der Waals surface area contributed by atoms with Crippen LogP contribution in [-0.4, -0.2) is 38.3 Å². The van der Waals surface area contributed by atoms with Crippen molar-refractivity contribution in [3.05, 3.63) is 132 Å². The van der Waals surface area contributed by atoms with Gasteiger partial charge in [0.15, 0.2) is 11.4 Å². The molecule has 2 amide bonds. The zero-order valence-electron chi connectivity index (χ0n) is 29.9. The van der Waals surface area contributed by atoms with Gasteiger partial charge in [0.2, 0.25) is 11.8 Å². The number of aromatic nitrogens is 2. The van der Waals surface area contributed by atoms with Gasteiger partial charge in [0.1, 0.15) is 0 Å². The number of amides is 2. The summed E-state index contributed by atoms with van der Waals surface area (Å²) in [5.74, 6) is 0.638. The highest BCUT2D eigenvalue weighted by Gasteiger charge is 2.32. The number of imidazole rings is 1. The Balaban J connectivity index is 1.02. The molecular formula is C42H47N5O5S. The first-order valence-corrected chi connectivity index (χ1v) is 19.0. The number of ether oxygens (including phenoxy) is 2. The Bertz CT molecular complexity index is 1950. The first-order chi connectivity index (χ1) is 25.9. The molecule has 0 spiro atoms. The van der Waals surface area contributed by atoms with Crippen LogP contribution < -0.4 is 16.4 Å². The lowest BCUT2D eigenvalue weighted by Crippen LogP contribution is -2.31. The van der Waals surface area contributed by atoms with Gasteiger partial charge in [-0.25, -0.2) is 4.98 Å². The molecule has 53 heavy (non-hydrogen) atoms. The number of anilines is 2. The van der Waals surface area contributed by atoms with E-state index in [0.29, 0.717) is 50.0 Å². The van der Waals surface area contributed by atoms with Gasteiger partial charge in [0.05, 0.1) is 30.2 Å². The van der Waals surface area contributed by atoms with Gasteiger partial charge in [-0.05, 0) is 52.8 Å². The minimum absolute atomic E-state index is 0.00210.